The minimum Gasteiger partial charge on any atom is -0.479 e. The van der Waals surface area contributed by atoms with Gasteiger partial charge in [-0.15, -0.1) is 0 Å². The molecule has 2 unspecified atom stereocenters. The fourth-order valence-corrected chi connectivity index (χ4v) is 0.641. The SMILES string of the molecule is CC(C)C(=O)OC(C(=O)O)C(O)C(=O)O. The second-order valence-electron chi connectivity index (χ2n) is 3.13. The van der Waals surface area contributed by atoms with Crippen LogP contribution in [0.3, 0.4) is 0 Å². The van der Waals surface area contributed by atoms with Crippen molar-refractivity contribution in [3.05, 3.63) is 0 Å². The van der Waals surface area contributed by atoms with Crippen molar-refractivity contribution in [2.24, 2.45) is 5.92 Å². The summed E-state index contributed by atoms with van der Waals surface area (Å²) in [7, 11) is 0. The molecule has 3 N–H and O–H groups in total. The number of ether oxygens (including phenoxy) is 1. The number of carboxylic acids is 2. The largest absolute Gasteiger partial charge is 0.479 e. The predicted octanol–water partition coefficient (Wildman–Crippen LogP) is -0.916. The molecular formula is C8H12O7. The zero-order valence-corrected chi connectivity index (χ0v) is 8.21. The summed E-state index contributed by atoms with van der Waals surface area (Å²) >= 11 is 0. The van der Waals surface area contributed by atoms with E-state index in [1.54, 1.807) is 0 Å². The van der Waals surface area contributed by atoms with Crippen LogP contribution in [0.25, 0.3) is 0 Å². The molecule has 0 aromatic carbocycles. The van der Waals surface area contributed by atoms with Gasteiger partial charge in [-0.25, -0.2) is 9.59 Å². The third-order valence-corrected chi connectivity index (χ3v) is 1.50. The molecule has 7 heteroatoms. The van der Waals surface area contributed by atoms with Crippen LogP contribution >= 0.6 is 0 Å². The first-order valence-corrected chi connectivity index (χ1v) is 4.11. The van der Waals surface area contributed by atoms with Gasteiger partial charge in [-0.1, -0.05) is 13.8 Å². The van der Waals surface area contributed by atoms with Gasteiger partial charge in [0.15, 0.2) is 6.10 Å². The zero-order chi connectivity index (χ0) is 12.2. The highest BCUT2D eigenvalue weighted by atomic mass is 16.6. The van der Waals surface area contributed by atoms with Crippen LogP contribution in [0.1, 0.15) is 13.8 Å². The van der Waals surface area contributed by atoms with Crippen molar-refractivity contribution in [2.75, 3.05) is 0 Å². The Morgan fingerprint density at radius 2 is 1.53 bits per heavy atom. The first kappa shape index (κ1) is 13.4. The standard InChI is InChI=1S/C8H12O7/c1-3(2)8(14)15-5(7(12)13)4(9)6(10)11/h3-5,9H,1-2H3,(H,10,11)(H,12,13). The van der Waals surface area contributed by atoms with E-state index in [-0.39, 0.29) is 0 Å². The molecule has 0 aromatic rings. The molecule has 0 aliphatic heterocycles. The topological polar surface area (TPSA) is 121 Å². The summed E-state index contributed by atoms with van der Waals surface area (Å²) in [6.07, 6.45) is -4.36. The van der Waals surface area contributed by atoms with Crippen LogP contribution in [-0.2, 0) is 19.1 Å². The Kier molecular flexibility index (Phi) is 4.72. The Morgan fingerprint density at radius 1 is 1.07 bits per heavy atom. The van der Waals surface area contributed by atoms with E-state index in [1.165, 1.54) is 13.8 Å². The van der Waals surface area contributed by atoms with Gasteiger partial charge in [-0.05, 0) is 0 Å². The molecular weight excluding hydrogens is 208 g/mol. The van der Waals surface area contributed by atoms with Crippen molar-refractivity contribution < 1.29 is 34.4 Å². The Labute approximate surface area is 85.3 Å². The summed E-state index contributed by atoms with van der Waals surface area (Å²) in [5, 5.41) is 25.8. The van der Waals surface area contributed by atoms with Gasteiger partial charge in [0.25, 0.3) is 0 Å². The van der Waals surface area contributed by atoms with Crippen LogP contribution in [-0.4, -0.2) is 45.4 Å². The summed E-state index contributed by atoms with van der Waals surface area (Å²) < 4.78 is 4.33. The minimum atomic E-state index is -2.27. The number of esters is 1. The maximum atomic E-state index is 11.0. The van der Waals surface area contributed by atoms with E-state index in [9.17, 15) is 14.4 Å². The fourth-order valence-electron chi connectivity index (χ4n) is 0.641. The van der Waals surface area contributed by atoms with E-state index in [0.717, 1.165) is 0 Å². The molecule has 0 spiro atoms. The molecule has 0 amide bonds. The molecule has 0 aliphatic rings. The molecule has 86 valence electrons. The maximum Gasteiger partial charge on any atom is 0.348 e. The summed E-state index contributed by atoms with van der Waals surface area (Å²) in [5.74, 6) is -4.96. The third-order valence-electron chi connectivity index (χ3n) is 1.50. The summed E-state index contributed by atoms with van der Waals surface area (Å²) in [5.41, 5.74) is 0. The minimum absolute atomic E-state index is 0.604. The van der Waals surface area contributed by atoms with Gasteiger partial charge >= 0.3 is 17.9 Å². The number of aliphatic carboxylic acids is 2. The van der Waals surface area contributed by atoms with Crippen molar-refractivity contribution in [2.45, 2.75) is 26.1 Å². The highest BCUT2D eigenvalue weighted by molar-refractivity contribution is 5.86. The number of carboxylic acid groups (broad SMARTS) is 2. The van der Waals surface area contributed by atoms with Crippen molar-refractivity contribution in [3.8, 4) is 0 Å². The quantitative estimate of drug-likeness (QED) is 0.512. The molecule has 15 heavy (non-hydrogen) atoms. The van der Waals surface area contributed by atoms with E-state index in [4.69, 9.17) is 15.3 Å². The van der Waals surface area contributed by atoms with Crippen LogP contribution < -0.4 is 0 Å². The van der Waals surface area contributed by atoms with Gasteiger partial charge in [0.05, 0.1) is 5.92 Å². The van der Waals surface area contributed by atoms with E-state index in [1.807, 2.05) is 0 Å². The lowest BCUT2D eigenvalue weighted by molar-refractivity contribution is -0.180. The van der Waals surface area contributed by atoms with E-state index in [0.29, 0.717) is 0 Å². The third kappa shape index (κ3) is 3.94. The smallest absolute Gasteiger partial charge is 0.348 e. The van der Waals surface area contributed by atoms with Gasteiger partial charge in [-0.3, -0.25) is 4.79 Å². The summed E-state index contributed by atoms with van der Waals surface area (Å²) in [6, 6.07) is 0. The molecule has 2 atom stereocenters. The second kappa shape index (κ2) is 5.30. The molecule has 0 fully saturated rings. The molecule has 0 aliphatic carbocycles. The molecule has 0 aromatic heterocycles. The van der Waals surface area contributed by atoms with Gasteiger partial charge in [-0.2, -0.15) is 0 Å². The van der Waals surface area contributed by atoms with Crippen LogP contribution in [0.2, 0.25) is 0 Å². The second-order valence-corrected chi connectivity index (χ2v) is 3.13. The zero-order valence-electron chi connectivity index (χ0n) is 8.21. The maximum absolute atomic E-state index is 11.0. The number of carbonyl (C=O) groups is 3. The monoisotopic (exact) mass is 220 g/mol. The molecule has 0 radical (unpaired) electrons. The average Bonchev–Trinajstić information content (AvgIpc) is 2.11. The van der Waals surface area contributed by atoms with Crippen molar-refractivity contribution in [1.29, 1.82) is 0 Å². The number of hydrogen-bond donors (Lipinski definition) is 3. The average molecular weight is 220 g/mol. The Balaban J connectivity index is 4.62. The molecule has 0 saturated heterocycles. The highest BCUT2D eigenvalue weighted by Crippen LogP contribution is 2.05. The first-order valence-electron chi connectivity index (χ1n) is 4.11. The summed E-state index contributed by atoms with van der Waals surface area (Å²) in [6.45, 7) is 2.91. The molecule has 0 rings (SSSR count). The van der Waals surface area contributed by atoms with E-state index >= 15 is 0 Å². The lowest BCUT2D eigenvalue weighted by Gasteiger charge is -2.17. The number of aliphatic hydroxyl groups excluding tert-OH is 1. The molecule has 0 heterocycles. The van der Waals surface area contributed by atoms with Crippen molar-refractivity contribution in [1.82, 2.24) is 0 Å². The lowest BCUT2D eigenvalue weighted by Crippen LogP contribution is -2.43. The van der Waals surface area contributed by atoms with Crippen LogP contribution in [0, 0.1) is 5.92 Å². The Morgan fingerprint density at radius 3 is 1.80 bits per heavy atom. The van der Waals surface area contributed by atoms with Crippen molar-refractivity contribution in [3.63, 3.8) is 0 Å². The lowest BCUT2D eigenvalue weighted by atomic mass is 10.2. The Bertz CT molecular complexity index is 270. The number of aliphatic hydroxyl groups is 1. The van der Waals surface area contributed by atoms with Gasteiger partial charge in [0.1, 0.15) is 0 Å². The van der Waals surface area contributed by atoms with Gasteiger partial charge < -0.3 is 20.1 Å². The first-order chi connectivity index (χ1) is 6.77. The molecule has 0 saturated carbocycles. The van der Waals surface area contributed by atoms with E-state index < -0.39 is 36.0 Å². The summed E-state index contributed by atoms with van der Waals surface area (Å²) in [4.78, 5) is 31.8. The van der Waals surface area contributed by atoms with Crippen LogP contribution in [0.5, 0.6) is 0 Å². The van der Waals surface area contributed by atoms with Crippen molar-refractivity contribution >= 4 is 17.9 Å². The van der Waals surface area contributed by atoms with Gasteiger partial charge in [0.2, 0.25) is 6.10 Å². The molecule has 0 bridgehead atoms. The Hall–Kier alpha value is -1.63. The normalized spacial score (nSPS) is 14.4. The van der Waals surface area contributed by atoms with Crippen LogP contribution in [0.4, 0.5) is 0 Å². The van der Waals surface area contributed by atoms with E-state index in [2.05, 4.69) is 4.74 Å². The highest BCUT2D eigenvalue weighted by Gasteiger charge is 2.36. The number of hydrogen-bond acceptors (Lipinski definition) is 5. The number of rotatable bonds is 5. The molecule has 7 nitrogen and oxygen atoms in total. The van der Waals surface area contributed by atoms with Crippen LogP contribution in [0.15, 0.2) is 0 Å². The number of carbonyl (C=O) groups excluding carboxylic acids is 1. The van der Waals surface area contributed by atoms with Gasteiger partial charge in [0, 0.05) is 0 Å². The fraction of sp³-hybridized carbons (Fsp3) is 0.625. The predicted molar refractivity (Wildman–Crippen MR) is 46.0 cm³/mol.